The Kier molecular flexibility index (Phi) is 7.00. The predicted molar refractivity (Wildman–Crippen MR) is 103 cm³/mol. The van der Waals surface area contributed by atoms with Gasteiger partial charge in [0.25, 0.3) is 5.91 Å². The van der Waals surface area contributed by atoms with Crippen LogP contribution >= 0.6 is 23.2 Å². The maximum atomic E-state index is 12.6. The Morgan fingerprint density at radius 3 is 2.31 bits per heavy atom. The Balaban J connectivity index is 2.04. The molecule has 0 bridgehead atoms. The summed E-state index contributed by atoms with van der Waals surface area (Å²) in [6.45, 7) is 2.08. The lowest BCUT2D eigenvalue weighted by molar-refractivity contribution is -0.137. The first-order valence-corrected chi connectivity index (χ1v) is 8.69. The van der Waals surface area contributed by atoms with Gasteiger partial charge in [-0.15, -0.1) is 0 Å². The summed E-state index contributed by atoms with van der Waals surface area (Å²) >= 11 is 12.0. The van der Waals surface area contributed by atoms with Gasteiger partial charge in [-0.05, 0) is 42.8 Å². The highest BCUT2D eigenvalue weighted by Gasteiger charge is 2.21. The predicted octanol–water partition coefficient (Wildman–Crippen LogP) is 4.44. The van der Waals surface area contributed by atoms with Gasteiger partial charge in [0, 0.05) is 18.6 Å². The van der Waals surface area contributed by atoms with Crippen LogP contribution in [0.1, 0.15) is 12.5 Å². The van der Waals surface area contributed by atoms with Gasteiger partial charge in [-0.3, -0.25) is 4.79 Å². The fraction of sp³-hybridized carbons (Fsp3) is 0.316. The summed E-state index contributed by atoms with van der Waals surface area (Å²) in [6, 6.07) is 10.4. The SMILES string of the molecule is COc1ccc(CN(C)C(=O)C(C)Oc2ccc(Cl)cc2Cl)cc1OC. The molecule has 5 nitrogen and oxygen atoms in total. The zero-order chi connectivity index (χ0) is 19.3. The molecule has 0 N–H and O–H groups in total. The van der Waals surface area contributed by atoms with Crippen molar-refractivity contribution in [2.75, 3.05) is 21.3 Å². The summed E-state index contributed by atoms with van der Waals surface area (Å²) in [5, 5.41) is 0.867. The molecule has 7 heteroatoms. The average Bonchev–Trinajstić information content (AvgIpc) is 2.63. The highest BCUT2D eigenvalue weighted by atomic mass is 35.5. The number of rotatable bonds is 7. The van der Waals surface area contributed by atoms with Crippen LogP contribution < -0.4 is 14.2 Å². The number of amides is 1. The lowest BCUT2D eigenvalue weighted by Crippen LogP contribution is -2.37. The topological polar surface area (TPSA) is 48.0 Å². The number of nitrogens with zero attached hydrogens (tertiary/aromatic N) is 1. The lowest BCUT2D eigenvalue weighted by Gasteiger charge is -2.23. The molecule has 2 aromatic rings. The van der Waals surface area contributed by atoms with E-state index in [9.17, 15) is 4.79 Å². The molecule has 0 aliphatic carbocycles. The molecule has 0 saturated heterocycles. The molecule has 0 aliphatic rings. The van der Waals surface area contributed by atoms with Gasteiger partial charge in [0.05, 0.1) is 19.2 Å². The van der Waals surface area contributed by atoms with Crippen LogP contribution in [0.4, 0.5) is 0 Å². The molecular weight excluding hydrogens is 377 g/mol. The van der Waals surface area contributed by atoms with E-state index in [4.69, 9.17) is 37.4 Å². The van der Waals surface area contributed by atoms with Crippen molar-refractivity contribution in [3.63, 3.8) is 0 Å². The monoisotopic (exact) mass is 397 g/mol. The Morgan fingerprint density at radius 2 is 1.69 bits per heavy atom. The minimum Gasteiger partial charge on any atom is -0.493 e. The number of likely N-dealkylation sites (N-methyl/N-ethyl adjacent to an activating group) is 1. The molecule has 0 heterocycles. The van der Waals surface area contributed by atoms with Crippen LogP contribution in [0.2, 0.25) is 10.0 Å². The van der Waals surface area contributed by atoms with Gasteiger partial charge in [0.1, 0.15) is 5.75 Å². The number of carbonyl (C=O) groups excluding carboxylic acids is 1. The minimum atomic E-state index is -0.696. The van der Waals surface area contributed by atoms with E-state index in [1.165, 1.54) is 0 Å². The molecule has 1 unspecified atom stereocenters. The van der Waals surface area contributed by atoms with Crippen LogP contribution in [0.25, 0.3) is 0 Å². The van der Waals surface area contributed by atoms with E-state index in [1.807, 2.05) is 12.1 Å². The number of methoxy groups -OCH3 is 2. The third kappa shape index (κ3) is 4.96. The van der Waals surface area contributed by atoms with Gasteiger partial charge in [0.15, 0.2) is 17.6 Å². The van der Waals surface area contributed by atoms with Crippen LogP contribution in [-0.4, -0.2) is 38.2 Å². The first-order chi connectivity index (χ1) is 12.3. The molecule has 2 aromatic carbocycles. The van der Waals surface area contributed by atoms with Crippen molar-refractivity contribution in [2.24, 2.45) is 0 Å². The maximum absolute atomic E-state index is 12.6. The number of halogens is 2. The van der Waals surface area contributed by atoms with E-state index in [0.29, 0.717) is 33.8 Å². The van der Waals surface area contributed by atoms with E-state index in [-0.39, 0.29) is 5.91 Å². The second-order valence-corrected chi connectivity index (χ2v) is 6.56. The largest absolute Gasteiger partial charge is 0.493 e. The highest BCUT2D eigenvalue weighted by molar-refractivity contribution is 6.35. The van der Waals surface area contributed by atoms with Crippen LogP contribution in [0.15, 0.2) is 36.4 Å². The molecule has 0 saturated carbocycles. The lowest BCUT2D eigenvalue weighted by atomic mass is 10.2. The van der Waals surface area contributed by atoms with Crippen molar-refractivity contribution in [2.45, 2.75) is 19.6 Å². The van der Waals surface area contributed by atoms with Crippen LogP contribution in [0.5, 0.6) is 17.2 Å². The molecule has 140 valence electrons. The standard InChI is InChI=1S/C19H21Cl2NO4/c1-12(26-16-8-6-14(20)10-15(16)21)19(23)22(2)11-13-5-7-17(24-3)18(9-13)25-4/h5-10,12H,11H2,1-4H3. The third-order valence-electron chi connectivity index (χ3n) is 3.79. The second-order valence-electron chi connectivity index (χ2n) is 5.72. The van der Waals surface area contributed by atoms with Crippen LogP contribution in [0, 0.1) is 0 Å². The van der Waals surface area contributed by atoms with Crippen molar-refractivity contribution in [1.29, 1.82) is 0 Å². The van der Waals surface area contributed by atoms with Gasteiger partial charge >= 0.3 is 0 Å². The highest BCUT2D eigenvalue weighted by Crippen LogP contribution is 2.29. The van der Waals surface area contributed by atoms with E-state index in [2.05, 4.69) is 0 Å². The number of ether oxygens (including phenoxy) is 3. The Hall–Kier alpha value is -2.11. The molecule has 1 amide bonds. The van der Waals surface area contributed by atoms with Gasteiger partial charge in [-0.1, -0.05) is 29.3 Å². The molecule has 26 heavy (non-hydrogen) atoms. The van der Waals surface area contributed by atoms with E-state index >= 15 is 0 Å². The number of hydrogen-bond acceptors (Lipinski definition) is 4. The summed E-state index contributed by atoms with van der Waals surface area (Å²) < 4.78 is 16.2. The molecular formula is C19H21Cl2NO4. The Morgan fingerprint density at radius 1 is 1.04 bits per heavy atom. The zero-order valence-electron chi connectivity index (χ0n) is 15.1. The molecule has 0 spiro atoms. The molecule has 0 fully saturated rings. The van der Waals surface area contributed by atoms with Crippen LogP contribution in [-0.2, 0) is 11.3 Å². The van der Waals surface area contributed by atoms with Gasteiger partial charge in [-0.2, -0.15) is 0 Å². The summed E-state index contributed by atoms with van der Waals surface area (Å²) in [5.41, 5.74) is 0.912. The van der Waals surface area contributed by atoms with Crippen molar-refractivity contribution < 1.29 is 19.0 Å². The van der Waals surface area contributed by atoms with Crippen molar-refractivity contribution >= 4 is 29.1 Å². The zero-order valence-corrected chi connectivity index (χ0v) is 16.6. The van der Waals surface area contributed by atoms with Crippen molar-refractivity contribution in [3.8, 4) is 17.2 Å². The number of benzene rings is 2. The molecule has 2 rings (SSSR count). The number of carbonyl (C=O) groups is 1. The van der Waals surface area contributed by atoms with E-state index in [1.54, 1.807) is 57.4 Å². The Labute approximate surface area is 163 Å². The van der Waals surface area contributed by atoms with Gasteiger partial charge in [-0.25, -0.2) is 0 Å². The summed E-state index contributed by atoms with van der Waals surface area (Å²) in [6.07, 6.45) is -0.696. The summed E-state index contributed by atoms with van der Waals surface area (Å²) in [4.78, 5) is 14.2. The maximum Gasteiger partial charge on any atom is 0.263 e. The molecule has 0 aromatic heterocycles. The van der Waals surface area contributed by atoms with Crippen molar-refractivity contribution in [3.05, 3.63) is 52.0 Å². The Bertz CT molecular complexity index is 782. The first kappa shape index (κ1) is 20.2. The molecule has 0 aliphatic heterocycles. The quantitative estimate of drug-likeness (QED) is 0.692. The first-order valence-electron chi connectivity index (χ1n) is 7.93. The summed E-state index contributed by atoms with van der Waals surface area (Å²) in [5.74, 6) is 1.49. The van der Waals surface area contributed by atoms with Gasteiger partial charge < -0.3 is 19.1 Å². The van der Waals surface area contributed by atoms with Crippen LogP contribution in [0.3, 0.4) is 0 Å². The number of hydrogen-bond donors (Lipinski definition) is 0. The minimum absolute atomic E-state index is 0.175. The normalized spacial score (nSPS) is 11.6. The third-order valence-corrected chi connectivity index (χ3v) is 4.32. The van der Waals surface area contributed by atoms with E-state index in [0.717, 1.165) is 5.56 Å². The summed E-state index contributed by atoms with van der Waals surface area (Å²) in [7, 11) is 4.86. The fourth-order valence-electron chi connectivity index (χ4n) is 2.45. The molecule has 0 radical (unpaired) electrons. The van der Waals surface area contributed by atoms with Gasteiger partial charge in [0.2, 0.25) is 0 Å². The fourth-order valence-corrected chi connectivity index (χ4v) is 2.91. The average molecular weight is 398 g/mol. The molecule has 1 atom stereocenters. The second kappa shape index (κ2) is 9.01. The van der Waals surface area contributed by atoms with Crippen molar-refractivity contribution in [1.82, 2.24) is 4.90 Å². The van der Waals surface area contributed by atoms with E-state index < -0.39 is 6.10 Å². The smallest absolute Gasteiger partial charge is 0.263 e.